The van der Waals surface area contributed by atoms with Gasteiger partial charge in [0.2, 0.25) is 0 Å². The van der Waals surface area contributed by atoms with E-state index < -0.39 is 10.7 Å². The SMILES string of the molecule is CC(C)(CCCC(=O)O)SF. The summed E-state index contributed by atoms with van der Waals surface area (Å²) in [5.74, 6) is -0.815. The Morgan fingerprint density at radius 2 is 2.18 bits per heavy atom. The van der Waals surface area contributed by atoms with Crippen LogP contribution in [-0.2, 0) is 4.79 Å². The molecular weight excluding hydrogens is 167 g/mol. The number of halogens is 1. The first kappa shape index (κ1) is 10.8. The van der Waals surface area contributed by atoms with Crippen molar-refractivity contribution in [3.05, 3.63) is 0 Å². The lowest BCUT2D eigenvalue weighted by atomic mass is 10.1. The van der Waals surface area contributed by atoms with Crippen LogP contribution in [0.1, 0.15) is 33.1 Å². The highest BCUT2D eigenvalue weighted by atomic mass is 32.2. The van der Waals surface area contributed by atoms with Crippen LogP contribution in [0.25, 0.3) is 0 Å². The summed E-state index contributed by atoms with van der Waals surface area (Å²) in [6.07, 6.45) is 1.27. The number of rotatable bonds is 5. The number of carbonyl (C=O) groups is 1. The molecule has 0 aliphatic carbocycles. The molecule has 0 aliphatic rings. The fourth-order valence-electron chi connectivity index (χ4n) is 0.704. The topological polar surface area (TPSA) is 37.3 Å². The predicted molar refractivity (Wildman–Crippen MR) is 44.3 cm³/mol. The van der Waals surface area contributed by atoms with E-state index in [1.165, 1.54) is 0 Å². The molecule has 0 unspecified atom stereocenters. The average molecular weight is 180 g/mol. The molecule has 4 heteroatoms. The molecule has 0 aliphatic heterocycles. The number of carboxylic acids is 1. The van der Waals surface area contributed by atoms with Crippen molar-refractivity contribution in [1.82, 2.24) is 0 Å². The van der Waals surface area contributed by atoms with E-state index in [1.807, 2.05) is 0 Å². The molecule has 1 N–H and O–H groups in total. The highest BCUT2D eigenvalue weighted by Gasteiger charge is 2.18. The maximum absolute atomic E-state index is 12.1. The lowest BCUT2D eigenvalue weighted by Crippen LogP contribution is -2.13. The van der Waals surface area contributed by atoms with Crippen molar-refractivity contribution >= 4 is 18.1 Å². The number of hydrogen-bond acceptors (Lipinski definition) is 2. The highest BCUT2D eigenvalue weighted by Crippen LogP contribution is 2.30. The third-order valence-corrected chi connectivity index (χ3v) is 2.00. The zero-order valence-corrected chi connectivity index (χ0v) is 7.58. The van der Waals surface area contributed by atoms with Gasteiger partial charge in [0.15, 0.2) is 0 Å². The van der Waals surface area contributed by atoms with E-state index in [4.69, 9.17) is 5.11 Å². The first-order valence-corrected chi connectivity index (χ1v) is 4.21. The molecule has 0 bridgehead atoms. The van der Waals surface area contributed by atoms with Gasteiger partial charge in [-0.2, -0.15) is 3.89 Å². The Bertz CT molecular complexity index is 136. The van der Waals surface area contributed by atoms with Crippen LogP contribution < -0.4 is 0 Å². The van der Waals surface area contributed by atoms with Crippen LogP contribution in [-0.4, -0.2) is 15.8 Å². The Hall–Kier alpha value is -0.250. The molecule has 0 amide bonds. The van der Waals surface area contributed by atoms with Crippen LogP contribution in [0.5, 0.6) is 0 Å². The molecule has 0 saturated carbocycles. The zero-order chi connectivity index (χ0) is 8.91. The molecule has 0 aromatic rings. The molecule has 0 atom stereocenters. The minimum absolute atomic E-state index is 0.129. The number of hydrogen-bond donors (Lipinski definition) is 1. The zero-order valence-electron chi connectivity index (χ0n) is 6.76. The van der Waals surface area contributed by atoms with Crippen molar-refractivity contribution in [2.75, 3.05) is 0 Å². The van der Waals surface area contributed by atoms with Gasteiger partial charge in [-0.05, 0) is 26.7 Å². The first-order valence-electron chi connectivity index (χ1n) is 3.49. The van der Waals surface area contributed by atoms with Gasteiger partial charge in [0.05, 0.1) is 12.1 Å². The number of carboxylic acid groups (broad SMARTS) is 1. The molecule has 0 fully saturated rings. The molecule has 11 heavy (non-hydrogen) atoms. The van der Waals surface area contributed by atoms with Gasteiger partial charge in [-0.1, -0.05) is 0 Å². The van der Waals surface area contributed by atoms with Crippen molar-refractivity contribution < 1.29 is 13.8 Å². The van der Waals surface area contributed by atoms with Gasteiger partial charge >= 0.3 is 5.97 Å². The van der Waals surface area contributed by atoms with Crippen molar-refractivity contribution in [1.29, 1.82) is 0 Å². The molecule has 0 radical (unpaired) electrons. The van der Waals surface area contributed by atoms with Crippen molar-refractivity contribution in [3.63, 3.8) is 0 Å². The van der Waals surface area contributed by atoms with Crippen molar-refractivity contribution in [3.8, 4) is 0 Å². The maximum Gasteiger partial charge on any atom is 0.303 e. The normalized spacial score (nSPS) is 11.5. The second-order valence-electron chi connectivity index (χ2n) is 3.08. The quantitative estimate of drug-likeness (QED) is 0.706. The minimum Gasteiger partial charge on any atom is -0.481 e. The van der Waals surface area contributed by atoms with E-state index in [2.05, 4.69) is 0 Å². The van der Waals surface area contributed by atoms with E-state index in [0.29, 0.717) is 12.8 Å². The Labute approximate surface area is 70.5 Å². The second kappa shape index (κ2) is 4.59. The minimum atomic E-state index is -0.815. The summed E-state index contributed by atoms with van der Waals surface area (Å²) in [6, 6.07) is 0. The molecule has 0 aromatic carbocycles. The van der Waals surface area contributed by atoms with Gasteiger partial charge in [-0.25, -0.2) is 0 Å². The molecule has 0 rings (SSSR count). The third-order valence-electron chi connectivity index (χ3n) is 1.38. The Kier molecular flexibility index (Phi) is 4.49. The summed E-state index contributed by atoms with van der Waals surface area (Å²) >= 11 is 0.286. The van der Waals surface area contributed by atoms with Gasteiger partial charge in [-0.3, -0.25) is 4.79 Å². The average Bonchev–Trinajstić information content (AvgIpc) is 1.87. The van der Waals surface area contributed by atoms with E-state index in [0.717, 1.165) is 0 Å². The van der Waals surface area contributed by atoms with Gasteiger partial charge in [0.25, 0.3) is 0 Å². The van der Waals surface area contributed by atoms with Crippen molar-refractivity contribution in [2.24, 2.45) is 0 Å². The van der Waals surface area contributed by atoms with Crippen LogP contribution >= 0.6 is 12.1 Å². The van der Waals surface area contributed by atoms with Crippen molar-refractivity contribution in [2.45, 2.75) is 37.9 Å². The smallest absolute Gasteiger partial charge is 0.303 e. The molecule has 0 saturated heterocycles. The number of aliphatic carboxylic acids is 1. The third kappa shape index (κ3) is 6.16. The second-order valence-corrected chi connectivity index (χ2v) is 4.34. The molecule has 0 aromatic heterocycles. The Morgan fingerprint density at radius 1 is 1.64 bits per heavy atom. The fraction of sp³-hybridized carbons (Fsp3) is 0.857. The fourth-order valence-corrected chi connectivity index (χ4v) is 0.925. The molecule has 0 spiro atoms. The largest absolute Gasteiger partial charge is 0.481 e. The summed E-state index contributed by atoms with van der Waals surface area (Å²) in [5.41, 5.74) is 0. The molecule has 66 valence electrons. The van der Waals surface area contributed by atoms with E-state index >= 15 is 0 Å². The Morgan fingerprint density at radius 3 is 2.55 bits per heavy atom. The predicted octanol–water partition coefficient (Wildman–Crippen LogP) is 2.64. The summed E-state index contributed by atoms with van der Waals surface area (Å²) in [7, 11) is 0. The first-order chi connectivity index (χ1) is 4.98. The van der Waals surface area contributed by atoms with Gasteiger partial charge in [0, 0.05) is 11.2 Å². The van der Waals surface area contributed by atoms with E-state index in [1.54, 1.807) is 13.8 Å². The summed E-state index contributed by atoms with van der Waals surface area (Å²) < 4.78 is 11.6. The van der Waals surface area contributed by atoms with E-state index in [9.17, 15) is 8.68 Å². The van der Waals surface area contributed by atoms with E-state index in [-0.39, 0.29) is 18.6 Å². The summed E-state index contributed by atoms with van der Waals surface area (Å²) in [6.45, 7) is 3.53. The maximum atomic E-state index is 12.1. The van der Waals surface area contributed by atoms with Gasteiger partial charge < -0.3 is 5.11 Å². The highest BCUT2D eigenvalue weighted by molar-refractivity contribution is 7.95. The lowest BCUT2D eigenvalue weighted by Gasteiger charge is -2.17. The van der Waals surface area contributed by atoms with Crippen LogP contribution in [0, 0.1) is 0 Å². The molecule has 2 nitrogen and oxygen atoms in total. The van der Waals surface area contributed by atoms with Crippen LogP contribution in [0.4, 0.5) is 3.89 Å². The van der Waals surface area contributed by atoms with Crippen LogP contribution in [0.15, 0.2) is 0 Å². The monoisotopic (exact) mass is 180 g/mol. The summed E-state index contributed by atoms with van der Waals surface area (Å²) in [5, 5.41) is 8.28. The van der Waals surface area contributed by atoms with Crippen LogP contribution in [0.3, 0.4) is 0 Å². The molecule has 0 heterocycles. The summed E-state index contributed by atoms with van der Waals surface area (Å²) in [4.78, 5) is 10.1. The van der Waals surface area contributed by atoms with Gasteiger partial charge in [-0.15, -0.1) is 0 Å². The van der Waals surface area contributed by atoms with Gasteiger partial charge in [0.1, 0.15) is 0 Å². The lowest BCUT2D eigenvalue weighted by molar-refractivity contribution is -0.137. The standard InChI is InChI=1S/C7H13FO2S/c1-7(2,11-8)5-3-4-6(9)10/h3-5H2,1-2H3,(H,9,10). The molecular formula is C7H13FO2S. The Balaban J connectivity index is 3.45. The van der Waals surface area contributed by atoms with Crippen LogP contribution in [0.2, 0.25) is 0 Å².